The summed E-state index contributed by atoms with van der Waals surface area (Å²) in [6.45, 7) is 2.93. The summed E-state index contributed by atoms with van der Waals surface area (Å²) in [6, 6.07) is 10.4. The number of hydrogen-bond acceptors (Lipinski definition) is 3. The van der Waals surface area contributed by atoms with Crippen LogP contribution in [0.3, 0.4) is 0 Å². The van der Waals surface area contributed by atoms with Crippen molar-refractivity contribution < 1.29 is 4.74 Å². The zero-order valence-electron chi connectivity index (χ0n) is 10.8. The van der Waals surface area contributed by atoms with Gasteiger partial charge in [-0.1, -0.05) is 30.3 Å². The molecule has 0 aliphatic carbocycles. The van der Waals surface area contributed by atoms with Crippen LogP contribution in [0.1, 0.15) is 18.9 Å². The van der Waals surface area contributed by atoms with Gasteiger partial charge >= 0.3 is 0 Å². The van der Waals surface area contributed by atoms with E-state index < -0.39 is 0 Å². The van der Waals surface area contributed by atoms with Crippen molar-refractivity contribution in [2.75, 3.05) is 23.9 Å². The van der Waals surface area contributed by atoms with Gasteiger partial charge in [-0.2, -0.15) is 23.5 Å². The van der Waals surface area contributed by atoms with Gasteiger partial charge in [0, 0.05) is 22.5 Å². The fraction of sp³-hybridized carbons (Fsp3) is 0.467. The Labute approximate surface area is 118 Å². The summed E-state index contributed by atoms with van der Waals surface area (Å²) < 4.78 is 5.67. The summed E-state index contributed by atoms with van der Waals surface area (Å²) >= 11 is 4.17. The molecule has 0 amide bonds. The van der Waals surface area contributed by atoms with Gasteiger partial charge in [0.15, 0.2) is 0 Å². The third kappa shape index (κ3) is 4.62. The van der Waals surface area contributed by atoms with E-state index in [0.717, 1.165) is 18.3 Å². The summed E-state index contributed by atoms with van der Waals surface area (Å²) in [5, 5.41) is 0.786. The molecule has 1 nitrogen and oxygen atoms in total. The summed E-state index contributed by atoms with van der Waals surface area (Å²) in [7, 11) is 0. The lowest BCUT2D eigenvalue weighted by Gasteiger charge is -2.20. The Balaban J connectivity index is 1.70. The first kappa shape index (κ1) is 13.9. The highest BCUT2D eigenvalue weighted by molar-refractivity contribution is 8.06. The first-order valence-corrected chi connectivity index (χ1v) is 8.60. The minimum Gasteiger partial charge on any atom is -0.501 e. The van der Waals surface area contributed by atoms with Crippen LogP contribution >= 0.6 is 23.5 Å². The Morgan fingerprint density at radius 2 is 2.17 bits per heavy atom. The SMILES string of the molecule is C/C(=C/OCCC1CSCCS1)c1ccccc1. The van der Waals surface area contributed by atoms with E-state index >= 15 is 0 Å². The second kappa shape index (κ2) is 7.80. The van der Waals surface area contributed by atoms with E-state index in [1.165, 1.54) is 28.4 Å². The molecule has 0 saturated carbocycles. The van der Waals surface area contributed by atoms with Crippen LogP contribution in [0, 0.1) is 0 Å². The zero-order valence-corrected chi connectivity index (χ0v) is 12.4. The van der Waals surface area contributed by atoms with E-state index in [9.17, 15) is 0 Å². The Hall–Kier alpha value is -0.540. The van der Waals surface area contributed by atoms with E-state index in [-0.39, 0.29) is 0 Å². The van der Waals surface area contributed by atoms with Crippen LogP contribution in [0.25, 0.3) is 5.57 Å². The van der Waals surface area contributed by atoms with Gasteiger partial charge in [-0.05, 0) is 24.5 Å². The van der Waals surface area contributed by atoms with Gasteiger partial charge in [0.05, 0.1) is 12.9 Å². The molecule has 1 atom stereocenters. The molecular formula is C15H20OS2. The Morgan fingerprint density at radius 1 is 1.33 bits per heavy atom. The molecule has 1 fully saturated rings. The minimum atomic E-state index is 0.786. The van der Waals surface area contributed by atoms with Crippen molar-refractivity contribution in [3.63, 3.8) is 0 Å². The largest absolute Gasteiger partial charge is 0.501 e. The monoisotopic (exact) mass is 280 g/mol. The molecule has 1 saturated heterocycles. The lowest BCUT2D eigenvalue weighted by molar-refractivity contribution is 0.246. The summed E-state index contributed by atoms with van der Waals surface area (Å²) in [5.41, 5.74) is 2.43. The van der Waals surface area contributed by atoms with Crippen molar-refractivity contribution in [2.24, 2.45) is 0 Å². The Kier molecular flexibility index (Phi) is 6.01. The molecule has 2 rings (SSSR count). The summed E-state index contributed by atoms with van der Waals surface area (Å²) in [4.78, 5) is 0. The molecular weight excluding hydrogens is 260 g/mol. The third-order valence-electron chi connectivity index (χ3n) is 2.93. The maximum atomic E-state index is 5.67. The Morgan fingerprint density at radius 3 is 2.89 bits per heavy atom. The van der Waals surface area contributed by atoms with Crippen molar-refractivity contribution in [1.29, 1.82) is 0 Å². The fourth-order valence-electron chi connectivity index (χ4n) is 1.86. The molecule has 0 aromatic heterocycles. The predicted molar refractivity (Wildman–Crippen MR) is 84.2 cm³/mol. The smallest absolute Gasteiger partial charge is 0.0884 e. The van der Waals surface area contributed by atoms with Gasteiger partial charge in [-0.25, -0.2) is 0 Å². The summed E-state index contributed by atoms with van der Waals surface area (Å²) in [5.74, 6) is 3.90. The number of allylic oxidation sites excluding steroid dienone is 1. The van der Waals surface area contributed by atoms with E-state index in [1.807, 2.05) is 12.3 Å². The van der Waals surface area contributed by atoms with Gasteiger partial charge in [0.2, 0.25) is 0 Å². The van der Waals surface area contributed by atoms with E-state index in [4.69, 9.17) is 4.74 Å². The average Bonchev–Trinajstić information content (AvgIpc) is 2.45. The fourth-order valence-corrected chi connectivity index (χ4v) is 4.58. The van der Waals surface area contributed by atoms with Crippen molar-refractivity contribution in [2.45, 2.75) is 18.6 Å². The molecule has 1 aromatic carbocycles. The molecule has 1 heterocycles. The van der Waals surface area contributed by atoms with Crippen LogP contribution in [0.15, 0.2) is 36.6 Å². The highest BCUT2D eigenvalue weighted by Gasteiger charge is 2.13. The summed E-state index contributed by atoms with van der Waals surface area (Å²) in [6.07, 6.45) is 3.06. The zero-order chi connectivity index (χ0) is 12.6. The normalized spacial score (nSPS) is 20.7. The van der Waals surface area contributed by atoms with Crippen LogP contribution in [0.2, 0.25) is 0 Å². The first-order valence-electron chi connectivity index (χ1n) is 6.39. The van der Waals surface area contributed by atoms with Crippen LogP contribution in [0.5, 0.6) is 0 Å². The molecule has 0 bridgehead atoms. The van der Waals surface area contributed by atoms with Crippen LogP contribution in [-0.4, -0.2) is 29.1 Å². The first-order chi connectivity index (χ1) is 8.86. The number of ether oxygens (including phenoxy) is 1. The van der Waals surface area contributed by atoms with Crippen LogP contribution < -0.4 is 0 Å². The molecule has 0 spiro atoms. The quantitative estimate of drug-likeness (QED) is 0.588. The van der Waals surface area contributed by atoms with Gasteiger partial charge in [-0.15, -0.1) is 0 Å². The van der Waals surface area contributed by atoms with E-state index in [1.54, 1.807) is 0 Å². The second-order valence-corrected chi connectivity index (χ2v) is 6.95. The predicted octanol–water partition coefficient (Wildman–Crippen LogP) is 4.30. The Bertz CT molecular complexity index is 369. The van der Waals surface area contributed by atoms with E-state index in [2.05, 4.69) is 54.7 Å². The number of thioether (sulfide) groups is 2. The standard InChI is InChI=1S/C15H20OS2/c1-13(14-5-3-2-4-6-14)11-16-8-7-15-12-17-9-10-18-15/h2-6,11,15H,7-10,12H2,1H3/b13-11-. The van der Waals surface area contributed by atoms with Crippen molar-refractivity contribution in [3.8, 4) is 0 Å². The average molecular weight is 280 g/mol. The van der Waals surface area contributed by atoms with Crippen LogP contribution in [-0.2, 0) is 4.74 Å². The number of rotatable bonds is 5. The molecule has 0 N–H and O–H groups in total. The molecule has 1 unspecified atom stereocenters. The number of hydrogen-bond donors (Lipinski definition) is 0. The van der Waals surface area contributed by atoms with Crippen molar-refractivity contribution in [3.05, 3.63) is 42.2 Å². The van der Waals surface area contributed by atoms with Crippen molar-refractivity contribution >= 4 is 29.1 Å². The lowest BCUT2D eigenvalue weighted by atomic mass is 10.1. The van der Waals surface area contributed by atoms with Crippen LogP contribution in [0.4, 0.5) is 0 Å². The van der Waals surface area contributed by atoms with Gasteiger partial charge in [-0.3, -0.25) is 0 Å². The molecule has 1 aliphatic heterocycles. The van der Waals surface area contributed by atoms with E-state index in [0.29, 0.717) is 0 Å². The highest BCUT2D eigenvalue weighted by atomic mass is 32.2. The third-order valence-corrected chi connectivity index (χ3v) is 5.85. The maximum absolute atomic E-state index is 5.67. The van der Waals surface area contributed by atoms with Gasteiger partial charge < -0.3 is 4.74 Å². The minimum absolute atomic E-state index is 0.786. The molecule has 3 heteroatoms. The lowest BCUT2D eigenvalue weighted by Crippen LogP contribution is -2.15. The molecule has 98 valence electrons. The molecule has 18 heavy (non-hydrogen) atoms. The highest BCUT2D eigenvalue weighted by Crippen LogP contribution is 2.26. The number of benzene rings is 1. The van der Waals surface area contributed by atoms with Crippen molar-refractivity contribution in [1.82, 2.24) is 0 Å². The van der Waals surface area contributed by atoms with Gasteiger partial charge in [0.25, 0.3) is 0 Å². The molecule has 1 aliphatic rings. The topological polar surface area (TPSA) is 9.23 Å². The maximum Gasteiger partial charge on any atom is 0.0884 e. The van der Waals surface area contributed by atoms with Gasteiger partial charge in [0.1, 0.15) is 0 Å². The molecule has 1 aromatic rings. The second-order valence-electron chi connectivity index (χ2n) is 4.39. The molecule has 0 radical (unpaired) electrons.